The van der Waals surface area contributed by atoms with E-state index in [1.807, 2.05) is 20.8 Å². The van der Waals surface area contributed by atoms with Crippen LogP contribution in [0.2, 0.25) is 0 Å². The van der Waals surface area contributed by atoms with Crippen molar-refractivity contribution in [3.8, 4) is 0 Å². The van der Waals surface area contributed by atoms with Gasteiger partial charge in [-0.3, -0.25) is 4.79 Å². The molecular formula is C14H28O3S. The van der Waals surface area contributed by atoms with Crippen molar-refractivity contribution < 1.29 is 14.3 Å². The molecule has 18 heavy (non-hydrogen) atoms. The van der Waals surface area contributed by atoms with Crippen LogP contribution in [0.5, 0.6) is 0 Å². The van der Waals surface area contributed by atoms with Crippen molar-refractivity contribution in [2.75, 3.05) is 20.3 Å². The van der Waals surface area contributed by atoms with E-state index in [4.69, 9.17) is 9.47 Å². The van der Waals surface area contributed by atoms with Crippen molar-refractivity contribution in [2.45, 2.75) is 63.4 Å². The highest BCUT2D eigenvalue weighted by molar-refractivity contribution is 8.01. The van der Waals surface area contributed by atoms with Gasteiger partial charge in [-0.05, 0) is 40.0 Å². The Kier molecular flexibility index (Phi) is 9.56. The highest BCUT2D eigenvalue weighted by Gasteiger charge is 2.32. The Labute approximate surface area is 116 Å². The lowest BCUT2D eigenvalue weighted by Crippen LogP contribution is -2.32. The SMILES string of the molecule is CCC[C@H](CCCOC)SC(C)(C)C(=O)OCC. The van der Waals surface area contributed by atoms with Crippen molar-refractivity contribution in [1.82, 2.24) is 0 Å². The summed E-state index contributed by atoms with van der Waals surface area (Å²) in [6.45, 7) is 9.18. The topological polar surface area (TPSA) is 35.5 Å². The predicted molar refractivity (Wildman–Crippen MR) is 78.1 cm³/mol. The van der Waals surface area contributed by atoms with Gasteiger partial charge in [-0.1, -0.05) is 13.3 Å². The molecule has 0 aliphatic carbocycles. The fraction of sp³-hybridized carbons (Fsp3) is 0.929. The number of esters is 1. The summed E-state index contributed by atoms with van der Waals surface area (Å²) in [6.07, 6.45) is 4.42. The van der Waals surface area contributed by atoms with E-state index in [9.17, 15) is 4.79 Å². The van der Waals surface area contributed by atoms with Gasteiger partial charge < -0.3 is 9.47 Å². The van der Waals surface area contributed by atoms with Crippen LogP contribution in [0.15, 0.2) is 0 Å². The van der Waals surface area contributed by atoms with E-state index in [0.717, 1.165) is 32.3 Å². The lowest BCUT2D eigenvalue weighted by Gasteiger charge is -2.27. The molecule has 0 spiro atoms. The number of carbonyl (C=O) groups is 1. The minimum absolute atomic E-state index is 0.108. The van der Waals surface area contributed by atoms with Gasteiger partial charge in [0.1, 0.15) is 4.75 Å². The summed E-state index contributed by atoms with van der Waals surface area (Å²) in [5, 5.41) is 0.504. The quantitative estimate of drug-likeness (QED) is 0.450. The molecule has 0 unspecified atom stereocenters. The molecular weight excluding hydrogens is 248 g/mol. The largest absolute Gasteiger partial charge is 0.465 e. The average molecular weight is 276 g/mol. The van der Waals surface area contributed by atoms with Crippen molar-refractivity contribution >= 4 is 17.7 Å². The zero-order valence-corrected chi connectivity index (χ0v) is 13.3. The maximum Gasteiger partial charge on any atom is 0.321 e. The standard InChI is InChI=1S/C14H28O3S/c1-6-9-12(10-8-11-16-5)18-14(3,4)13(15)17-7-2/h12H,6-11H2,1-5H3/t12-/m1/s1. The van der Waals surface area contributed by atoms with Crippen molar-refractivity contribution in [2.24, 2.45) is 0 Å². The molecule has 0 radical (unpaired) electrons. The molecule has 0 N–H and O–H groups in total. The van der Waals surface area contributed by atoms with Gasteiger partial charge in [0.25, 0.3) is 0 Å². The number of thioether (sulfide) groups is 1. The Morgan fingerprint density at radius 1 is 1.28 bits per heavy atom. The second kappa shape index (κ2) is 9.68. The number of methoxy groups -OCH3 is 1. The van der Waals surface area contributed by atoms with Crippen LogP contribution in [0.4, 0.5) is 0 Å². The van der Waals surface area contributed by atoms with Crippen molar-refractivity contribution in [3.05, 3.63) is 0 Å². The van der Waals surface area contributed by atoms with Crippen LogP contribution in [0.25, 0.3) is 0 Å². The minimum Gasteiger partial charge on any atom is -0.465 e. The van der Waals surface area contributed by atoms with E-state index in [0.29, 0.717) is 11.9 Å². The van der Waals surface area contributed by atoms with Crippen LogP contribution in [0.3, 0.4) is 0 Å². The van der Waals surface area contributed by atoms with Crippen LogP contribution in [-0.4, -0.2) is 36.3 Å². The third-order valence-corrected chi connectivity index (χ3v) is 4.27. The Hall–Kier alpha value is -0.220. The zero-order valence-electron chi connectivity index (χ0n) is 12.5. The van der Waals surface area contributed by atoms with Crippen LogP contribution in [-0.2, 0) is 14.3 Å². The average Bonchev–Trinajstić information content (AvgIpc) is 2.29. The van der Waals surface area contributed by atoms with Gasteiger partial charge in [0.2, 0.25) is 0 Å². The third-order valence-electron chi connectivity index (χ3n) is 2.71. The predicted octanol–water partition coefficient (Wildman–Crippen LogP) is 3.66. The summed E-state index contributed by atoms with van der Waals surface area (Å²) in [5.41, 5.74) is 0. The summed E-state index contributed by atoms with van der Waals surface area (Å²) >= 11 is 1.74. The van der Waals surface area contributed by atoms with Crippen molar-refractivity contribution in [1.29, 1.82) is 0 Å². The molecule has 0 rings (SSSR count). The van der Waals surface area contributed by atoms with Gasteiger partial charge in [-0.15, -0.1) is 11.8 Å². The molecule has 0 aliphatic heterocycles. The molecule has 0 aromatic heterocycles. The van der Waals surface area contributed by atoms with Crippen LogP contribution < -0.4 is 0 Å². The molecule has 0 fully saturated rings. The van der Waals surface area contributed by atoms with Crippen LogP contribution in [0.1, 0.15) is 53.4 Å². The third kappa shape index (κ3) is 7.27. The van der Waals surface area contributed by atoms with Gasteiger partial charge in [-0.2, -0.15) is 0 Å². The number of hydrogen-bond acceptors (Lipinski definition) is 4. The summed E-state index contributed by atoms with van der Waals surface area (Å²) in [5.74, 6) is -0.108. The lowest BCUT2D eigenvalue weighted by atomic mass is 10.1. The second-order valence-corrected chi connectivity index (χ2v) is 6.82. The monoisotopic (exact) mass is 276 g/mol. The van der Waals surface area contributed by atoms with E-state index >= 15 is 0 Å². The highest BCUT2D eigenvalue weighted by Crippen LogP contribution is 2.34. The lowest BCUT2D eigenvalue weighted by molar-refractivity contribution is -0.145. The number of carbonyl (C=O) groups excluding carboxylic acids is 1. The van der Waals surface area contributed by atoms with Crippen LogP contribution in [0, 0.1) is 0 Å². The van der Waals surface area contributed by atoms with Crippen molar-refractivity contribution in [3.63, 3.8) is 0 Å². The molecule has 0 bridgehead atoms. The summed E-state index contributed by atoms with van der Waals surface area (Å²) in [7, 11) is 1.73. The first kappa shape index (κ1) is 17.8. The molecule has 0 heterocycles. The van der Waals surface area contributed by atoms with E-state index in [2.05, 4.69) is 6.92 Å². The zero-order chi connectivity index (χ0) is 14.0. The maximum absolute atomic E-state index is 11.9. The summed E-state index contributed by atoms with van der Waals surface area (Å²) in [4.78, 5) is 11.9. The number of hydrogen-bond donors (Lipinski definition) is 0. The van der Waals surface area contributed by atoms with Crippen LogP contribution >= 0.6 is 11.8 Å². The van der Waals surface area contributed by atoms with Gasteiger partial charge >= 0.3 is 5.97 Å². The normalized spacial score (nSPS) is 13.4. The molecule has 1 atom stereocenters. The minimum atomic E-state index is -0.455. The van der Waals surface area contributed by atoms with E-state index in [-0.39, 0.29) is 5.97 Å². The van der Waals surface area contributed by atoms with Gasteiger partial charge in [-0.25, -0.2) is 0 Å². The number of rotatable bonds is 10. The van der Waals surface area contributed by atoms with E-state index < -0.39 is 4.75 Å². The summed E-state index contributed by atoms with van der Waals surface area (Å²) < 4.78 is 9.76. The van der Waals surface area contributed by atoms with E-state index in [1.165, 1.54) is 0 Å². The van der Waals surface area contributed by atoms with Gasteiger partial charge in [0.05, 0.1) is 6.61 Å². The fourth-order valence-corrected chi connectivity index (χ4v) is 3.44. The molecule has 4 heteroatoms. The first-order valence-corrected chi connectivity index (χ1v) is 7.69. The second-order valence-electron chi connectivity index (χ2n) is 4.89. The van der Waals surface area contributed by atoms with Gasteiger partial charge in [0.15, 0.2) is 0 Å². The smallest absolute Gasteiger partial charge is 0.321 e. The molecule has 0 amide bonds. The molecule has 0 saturated heterocycles. The summed E-state index contributed by atoms with van der Waals surface area (Å²) in [6, 6.07) is 0. The maximum atomic E-state index is 11.9. The first-order valence-electron chi connectivity index (χ1n) is 6.81. The molecule has 0 saturated carbocycles. The Morgan fingerprint density at radius 2 is 1.94 bits per heavy atom. The highest BCUT2D eigenvalue weighted by atomic mass is 32.2. The molecule has 0 aromatic carbocycles. The number of ether oxygens (including phenoxy) is 2. The first-order chi connectivity index (χ1) is 8.47. The van der Waals surface area contributed by atoms with E-state index in [1.54, 1.807) is 18.9 Å². The van der Waals surface area contributed by atoms with Gasteiger partial charge in [0, 0.05) is 19.0 Å². The molecule has 3 nitrogen and oxygen atoms in total. The molecule has 0 aliphatic rings. The fourth-order valence-electron chi connectivity index (χ4n) is 1.81. The Bertz CT molecular complexity index is 229. The molecule has 108 valence electrons. The molecule has 0 aromatic rings. The Morgan fingerprint density at radius 3 is 2.44 bits per heavy atom. The Balaban J connectivity index is 4.31.